The Bertz CT molecular complexity index is 977. The number of nitrogen functional groups attached to an aromatic ring is 1. The average molecular weight is 387 g/mol. The van der Waals surface area contributed by atoms with Gasteiger partial charge in [0.1, 0.15) is 10.6 Å². The Morgan fingerprint density at radius 1 is 1.19 bits per heavy atom. The summed E-state index contributed by atoms with van der Waals surface area (Å²) in [5, 5.41) is 4.13. The summed E-state index contributed by atoms with van der Waals surface area (Å²) in [6, 6.07) is 5.95. The molecule has 0 aliphatic heterocycles. The van der Waals surface area contributed by atoms with Gasteiger partial charge in [0.2, 0.25) is 5.91 Å². The van der Waals surface area contributed by atoms with Crippen molar-refractivity contribution in [1.82, 2.24) is 9.97 Å². The van der Waals surface area contributed by atoms with Crippen molar-refractivity contribution >= 4 is 50.7 Å². The molecule has 0 fully saturated rings. The van der Waals surface area contributed by atoms with Gasteiger partial charge in [-0.3, -0.25) is 4.79 Å². The van der Waals surface area contributed by atoms with Crippen molar-refractivity contribution in [1.29, 1.82) is 0 Å². The number of carbonyl (C=O) groups is 1. The molecule has 0 saturated heterocycles. The van der Waals surface area contributed by atoms with Gasteiger partial charge in [-0.2, -0.15) is 0 Å². The number of rotatable bonds is 4. The van der Waals surface area contributed by atoms with E-state index < -0.39 is 0 Å². The topological polar surface area (TPSA) is 80.9 Å². The van der Waals surface area contributed by atoms with Crippen LogP contribution in [0.3, 0.4) is 0 Å². The lowest BCUT2D eigenvalue weighted by molar-refractivity contribution is -0.115. The summed E-state index contributed by atoms with van der Waals surface area (Å²) in [5.74, 6) is 0.398. The fourth-order valence-electron chi connectivity index (χ4n) is 2.76. The van der Waals surface area contributed by atoms with Crippen LogP contribution in [0.4, 0.5) is 11.5 Å². The summed E-state index contributed by atoms with van der Waals surface area (Å²) in [6.45, 7) is 9.90. The number of amides is 1. The first kappa shape index (κ1) is 18.7. The molecule has 3 rings (SSSR count). The Morgan fingerprint density at radius 2 is 1.85 bits per heavy atom. The minimum atomic E-state index is -0.340. The van der Waals surface area contributed by atoms with Crippen molar-refractivity contribution in [3.8, 4) is 0 Å². The SMILES string of the molecule is Cc1cccc(C)c1NC(=O)[C@@H](C)Sc1nc(N)c2c(C)c(C)sc2n1. The molecule has 2 heterocycles. The van der Waals surface area contributed by atoms with E-state index in [0.717, 1.165) is 32.6 Å². The van der Waals surface area contributed by atoms with Crippen LogP contribution in [-0.2, 0) is 4.79 Å². The zero-order valence-corrected chi connectivity index (χ0v) is 17.1. The molecule has 0 aliphatic carbocycles. The minimum absolute atomic E-state index is 0.0757. The average Bonchev–Trinajstić information content (AvgIpc) is 2.85. The second-order valence-electron chi connectivity index (χ2n) is 6.37. The maximum atomic E-state index is 12.6. The molecule has 0 spiro atoms. The quantitative estimate of drug-likeness (QED) is 0.505. The molecule has 1 atom stereocenters. The lowest BCUT2D eigenvalue weighted by Crippen LogP contribution is -2.23. The largest absolute Gasteiger partial charge is 0.383 e. The number of nitrogens with two attached hydrogens (primary N) is 1. The molecule has 7 heteroatoms. The molecule has 0 saturated carbocycles. The molecule has 136 valence electrons. The van der Waals surface area contributed by atoms with Crippen molar-refractivity contribution in [2.24, 2.45) is 0 Å². The number of aromatic nitrogens is 2. The van der Waals surface area contributed by atoms with Gasteiger partial charge in [0.25, 0.3) is 0 Å². The number of hydrogen-bond acceptors (Lipinski definition) is 6. The molecule has 2 aromatic heterocycles. The van der Waals surface area contributed by atoms with Gasteiger partial charge >= 0.3 is 0 Å². The van der Waals surface area contributed by atoms with E-state index in [4.69, 9.17) is 5.73 Å². The lowest BCUT2D eigenvalue weighted by atomic mass is 10.1. The molecule has 1 amide bonds. The maximum Gasteiger partial charge on any atom is 0.237 e. The molecule has 26 heavy (non-hydrogen) atoms. The number of thioether (sulfide) groups is 1. The minimum Gasteiger partial charge on any atom is -0.383 e. The van der Waals surface area contributed by atoms with Gasteiger partial charge in [-0.15, -0.1) is 11.3 Å². The number of nitrogens with zero attached hydrogens (tertiary/aromatic N) is 2. The van der Waals surface area contributed by atoms with E-state index >= 15 is 0 Å². The van der Waals surface area contributed by atoms with Gasteiger partial charge in [0.15, 0.2) is 5.16 Å². The third kappa shape index (κ3) is 3.54. The number of fused-ring (bicyclic) bond motifs is 1. The first-order chi connectivity index (χ1) is 12.3. The Morgan fingerprint density at radius 3 is 2.50 bits per heavy atom. The molecule has 0 aliphatic rings. The Kier molecular flexibility index (Phi) is 5.20. The Balaban J connectivity index is 1.80. The van der Waals surface area contributed by atoms with E-state index in [9.17, 15) is 4.79 Å². The smallest absolute Gasteiger partial charge is 0.237 e. The second-order valence-corrected chi connectivity index (χ2v) is 8.88. The number of anilines is 2. The first-order valence-electron chi connectivity index (χ1n) is 8.35. The highest BCUT2D eigenvalue weighted by Gasteiger charge is 2.20. The zero-order valence-electron chi connectivity index (χ0n) is 15.5. The van der Waals surface area contributed by atoms with Crippen molar-refractivity contribution < 1.29 is 4.79 Å². The third-order valence-electron chi connectivity index (χ3n) is 4.42. The Hall–Kier alpha value is -2.12. The predicted octanol–water partition coefficient (Wildman–Crippen LogP) is 4.63. The number of benzene rings is 1. The molecule has 3 N–H and O–H groups in total. The van der Waals surface area contributed by atoms with Crippen LogP contribution in [-0.4, -0.2) is 21.1 Å². The van der Waals surface area contributed by atoms with E-state index in [1.807, 2.05) is 45.9 Å². The maximum absolute atomic E-state index is 12.6. The molecule has 0 unspecified atom stereocenters. The summed E-state index contributed by atoms with van der Waals surface area (Å²) in [5.41, 5.74) is 10.2. The second kappa shape index (κ2) is 7.25. The number of nitrogens with one attached hydrogen (secondary N) is 1. The molecule has 1 aromatic carbocycles. The summed E-state index contributed by atoms with van der Waals surface area (Å²) >= 11 is 2.92. The van der Waals surface area contributed by atoms with Crippen LogP contribution < -0.4 is 11.1 Å². The number of aryl methyl sites for hydroxylation is 4. The van der Waals surface area contributed by atoms with E-state index in [0.29, 0.717) is 11.0 Å². The van der Waals surface area contributed by atoms with Crippen LogP contribution in [0.5, 0.6) is 0 Å². The number of hydrogen-bond donors (Lipinski definition) is 2. The molecular formula is C19H22N4OS2. The zero-order chi connectivity index (χ0) is 19.0. The number of carbonyl (C=O) groups excluding carboxylic acids is 1. The van der Waals surface area contributed by atoms with Crippen molar-refractivity contribution in [3.05, 3.63) is 39.8 Å². The van der Waals surface area contributed by atoms with Gasteiger partial charge in [-0.25, -0.2) is 9.97 Å². The van der Waals surface area contributed by atoms with E-state index in [1.54, 1.807) is 11.3 Å². The predicted molar refractivity (Wildman–Crippen MR) is 111 cm³/mol. The van der Waals surface area contributed by atoms with Crippen molar-refractivity contribution in [2.45, 2.75) is 45.0 Å². The van der Waals surface area contributed by atoms with Crippen LogP contribution in [0.25, 0.3) is 10.2 Å². The van der Waals surface area contributed by atoms with E-state index in [1.165, 1.54) is 16.6 Å². The molecule has 0 radical (unpaired) electrons. The summed E-state index contributed by atoms with van der Waals surface area (Å²) in [6.07, 6.45) is 0. The summed E-state index contributed by atoms with van der Waals surface area (Å²) in [7, 11) is 0. The van der Waals surface area contributed by atoms with Gasteiger partial charge in [-0.05, 0) is 51.3 Å². The third-order valence-corrected chi connectivity index (χ3v) is 6.48. The molecule has 5 nitrogen and oxygen atoms in total. The Labute approximate surface area is 161 Å². The highest BCUT2D eigenvalue weighted by atomic mass is 32.2. The lowest BCUT2D eigenvalue weighted by Gasteiger charge is -2.15. The van der Waals surface area contributed by atoms with Crippen LogP contribution >= 0.6 is 23.1 Å². The number of thiophene rings is 1. The molecular weight excluding hydrogens is 364 g/mol. The van der Waals surface area contributed by atoms with Gasteiger partial charge in [-0.1, -0.05) is 30.0 Å². The van der Waals surface area contributed by atoms with Crippen LogP contribution in [0, 0.1) is 27.7 Å². The van der Waals surface area contributed by atoms with E-state index in [-0.39, 0.29) is 11.2 Å². The monoisotopic (exact) mass is 386 g/mol. The van der Waals surface area contributed by atoms with Crippen LogP contribution in [0.15, 0.2) is 23.4 Å². The highest BCUT2D eigenvalue weighted by Crippen LogP contribution is 2.34. The fourth-order valence-corrected chi connectivity index (χ4v) is 4.63. The standard InChI is InChI=1S/C19H22N4OS2/c1-9-7-6-8-10(2)15(9)21-17(24)13(5)26-19-22-16(20)14-11(3)12(4)25-18(14)23-19/h6-8,13H,1-5H3,(H,21,24)(H2,20,22,23)/t13-/m1/s1. The van der Waals surface area contributed by atoms with Gasteiger partial charge in [0, 0.05) is 10.6 Å². The van der Waals surface area contributed by atoms with Gasteiger partial charge < -0.3 is 11.1 Å². The normalized spacial score (nSPS) is 12.3. The highest BCUT2D eigenvalue weighted by molar-refractivity contribution is 8.00. The van der Waals surface area contributed by atoms with Crippen LogP contribution in [0.2, 0.25) is 0 Å². The summed E-state index contributed by atoms with van der Waals surface area (Å²) < 4.78 is 0. The summed E-state index contributed by atoms with van der Waals surface area (Å²) in [4.78, 5) is 23.7. The molecule has 3 aromatic rings. The fraction of sp³-hybridized carbons (Fsp3) is 0.316. The van der Waals surface area contributed by atoms with E-state index in [2.05, 4.69) is 22.2 Å². The number of para-hydroxylation sites is 1. The van der Waals surface area contributed by atoms with Crippen LogP contribution in [0.1, 0.15) is 28.5 Å². The van der Waals surface area contributed by atoms with Gasteiger partial charge in [0.05, 0.1) is 10.6 Å². The van der Waals surface area contributed by atoms with Crippen molar-refractivity contribution in [3.63, 3.8) is 0 Å². The first-order valence-corrected chi connectivity index (χ1v) is 10.0. The van der Waals surface area contributed by atoms with Crippen molar-refractivity contribution in [2.75, 3.05) is 11.1 Å². The molecule has 0 bridgehead atoms.